The van der Waals surface area contributed by atoms with Crippen LogP contribution in [-0.2, 0) is 0 Å². The van der Waals surface area contributed by atoms with Gasteiger partial charge in [0.2, 0.25) is 0 Å². The van der Waals surface area contributed by atoms with Gasteiger partial charge in [0.05, 0.1) is 0 Å². The minimum atomic E-state index is 0.542. The van der Waals surface area contributed by atoms with Gasteiger partial charge in [0.1, 0.15) is 0 Å². The van der Waals surface area contributed by atoms with Gasteiger partial charge in [0.25, 0.3) is 0 Å². The monoisotopic (exact) mass is 201 g/mol. The van der Waals surface area contributed by atoms with E-state index < -0.39 is 0 Å². The van der Waals surface area contributed by atoms with Crippen molar-refractivity contribution in [2.24, 2.45) is 0 Å². The highest BCUT2D eigenvalue weighted by Crippen LogP contribution is 2.17. The Hall–Kier alpha value is 0.177. The first-order chi connectivity index (χ1) is 6.18. The molecule has 0 heterocycles. The number of nitrogens with one attached hydrogen (secondary N) is 1. The Morgan fingerprint density at radius 2 is 1.46 bits per heavy atom. The zero-order chi connectivity index (χ0) is 10.2. The summed E-state index contributed by atoms with van der Waals surface area (Å²) in [5.74, 6) is 0. The quantitative estimate of drug-likeness (QED) is 0.593. The maximum atomic E-state index is 3.69. The first kappa shape index (κ1) is 13.2. The molecule has 0 aliphatic heterocycles. The van der Waals surface area contributed by atoms with Gasteiger partial charge in [-0.15, -0.1) is 0 Å². The molecule has 0 spiro atoms. The van der Waals surface area contributed by atoms with Crippen LogP contribution in [0.15, 0.2) is 0 Å². The van der Waals surface area contributed by atoms with E-state index in [-0.39, 0.29) is 0 Å². The molecular formula is C11H27NSi. The molecular weight excluding hydrogens is 174 g/mol. The number of rotatable bonds is 8. The second-order valence-corrected chi connectivity index (χ2v) is 6.21. The van der Waals surface area contributed by atoms with Crippen molar-refractivity contribution in [2.75, 3.05) is 6.54 Å². The van der Waals surface area contributed by atoms with Gasteiger partial charge in [0, 0.05) is 15.4 Å². The third-order valence-electron chi connectivity index (χ3n) is 2.77. The smallest absolute Gasteiger partial charge is 0.0281 e. The molecule has 1 nitrogen and oxygen atoms in total. The molecule has 0 bridgehead atoms. The maximum absolute atomic E-state index is 3.69. The summed E-state index contributed by atoms with van der Waals surface area (Å²) in [5.41, 5.74) is 0. The molecule has 0 aliphatic carbocycles. The van der Waals surface area contributed by atoms with Gasteiger partial charge in [-0.05, 0) is 19.4 Å². The van der Waals surface area contributed by atoms with Crippen LogP contribution >= 0.6 is 0 Å². The molecule has 0 aromatic heterocycles. The highest BCUT2D eigenvalue weighted by molar-refractivity contribution is 6.15. The summed E-state index contributed by atoms with van der Waals surface area (Å²) in [7, 11) is 1.30. The third-order valence-corrected chi connectivity index (χ3v) is 4.12. The van der Waals surface area contributed by atoms with E-state index in [1.54, 1.807) is 0 Å². The van der Waals surface area contributed by atoms with Crippen molar-refractivity contribution < 1.29 is 0 Å². The highest BCUT2D eigenvalue weighted by Gasteiger charge is 2.20. The molecule has 0 rings (SSSR count). The largest absolute Gasteiger partial charge is 0.315 e. The van der Waals surface area contributed by atoms with Gasteiger partial charge in [-0.2, -0.15) is 0 Å². The third kappa shape index (κ3) is 6.27. The summed E-state index contributed by atoms with van der Waals surface area (Å²) in [6.45, 7) is 7.93. The summed E-state index contributed by atoms with van der Waals surface area (Å²) in [5, 5.41) is 4.23. The van der Waals surface area contributed by atoms with Crippen molar-refractivity contribution in [3.05, 3.63) is 0 Å². The Labute approximate surface area is 87.1 Å². The fraction of sp³-hybridized carbons (Fsp3) is 1.00. The summed E-state index contributed by atoms with van der Waals surface area (Å²) in [6.07, 6.45) is 8.23. The van der Waals surface area contributed by atoms with Crippen LogP contribution in [-0.4, -0.2) is 21.9 Å². The molecule has 0 radical (unpaired) electrons. The standard InChI is InChI=1S/C11H27NSi/c1-4-7-9-11(13,12-6-3)10-8-5-2/h12H,4-10H2,1-3,13H3. The molecule has 1 N–H and O–H groups in total. The van der Waals surface area contributed by atoms with Crippen LogP contribution in [0.5, 0.6) is 0 Å². The van der Waals surface area contributed by atoms with Crippen molar-refractivity contribution in [2.45, 2.75) is 64.5 Å². The van der Waals surface area contributed by atoms with Crippen LogP contribution < -0.4 is 5.32 Å². The zero-order valence-corrected chi connectivity index (χ0v) is 11.9. The summed E-state index contributed by atoms with van der Waals surface area (Å²) >= 11 is 0. The molecule has 0 saturated heterocycles. The fourth-order valence-electron chi connectivity index (χ4n) is 1.86. The lowest BCUT2D eigenvalue weighted by atomic mass is 10.0. The van der Waals surface area contributed by atoms with Crippen LogP contribution in [0.25, 0.3) is 0 Å². The van der Waals surface area contributed by atoms with Crippen molar-refractivity contribution in [1.29, 1.82) is 0 Å². The predicted octanol–water partition coefficient (Wildman–Crippen LogP) is 2.04. The van der Waals surface area contributed by atoms with Crippen molar-refractivity contribution in [3.8, 4) is 0 Å². The lowest BCUT2D eigenvalue weighted by Gasteiger charge is -2.31. The van der Waals surface area contributed by atoms with Crippen molar-refractivity contribution >= 4 is 10.2 Å². The number of hydrogen-bond donors (Lipinski definition) is 1. The molecule has 0 unspecified atom stereocenters. The molecule has 80 valence electrons. The van der Waals surface area contributed by atoms with E-state index in [1.165, 1.54) is 48.8 Å². The maximum Gasteiger partial charge on any atom is 0.0281 e. The van der Waals surface area contributed by atoms with Gasteiger partial charge in [-0.1, -0.05) is 46.5 Å². The normalized spacial score (nSPS) is 12.2. The Balaban J connectivity index is 3.84. The zero-order valence-electron chi connectivity index (χ0n) is 9.95. The molecule has 0 aliphatic rings. The molecule has 0 amide bonds. The van der Waals surface area contributed by atoms with E-state index in [4.69, 9.17) is 0 Å². The predicted molar refractivity (Wildman–Crippen MR) is 65.4 cm³/mol. The summed E-state index contributed by atoms with van der Waals surface area (Å²) < 4.78 is 0. The Morgan fingerprint density at radius 1 is 1.00 bits per heavy atom. The minimum Gasteiger partial charge on any atom is -0.315 e. The lowest BCUT2D eigenvalue weighted by molar-refractivity contribution is 0.384. The first-order valence-corrected chi connectivity index (χ1v) is 6.93. The molecule has 0 fully saturated rings. The SMILES string of the molecule is CCCCC([SiH3])(CCCC)NCC. The van der Waals surface area contributed by atoms with E-state index in [1.807, 2.05) is 0 Å². The average Bonchev–Trinajstić information content (AvgIpc) is 2.12. The summed E-state index contributed by atoms with van der Waals surface area (Å²) in [6, 6.07) is 0. The molecule has 0 saturated carbocycles. The molecule has 0 atom stereocenters. The fourth-order valence-corrected chi connectivity index (χ4v) is 2.92. The lowest BCUT2D eigenvalue weighted by Crippen LogP contribution is -2.45. The number of unbranched alkanes of at least 4 members (excludes halogenated alkanes) is 2. The van der Waals surface area contributed by atoms with Gasteiger partial charge < -0.3 is 5.32 Å². The Kier molecular flexibility index (Phi) is 7.67. The second kappa shape index (κ2) is 7.57. The van der Waals surface area contributed by atoms with E-state index in [2.05, 4.69) is 26.1 Å². The van der Waals surface area contributed by atoms with Crippen LogP contribution in [0.1, 0.15) is 59.3 Å². The first-order valence-electron chi connectivity index (χ1n) is 5.93. The minimum absolute atomic E-state index is 0.542. The molecule has 13 heavy (non-hydrogen) atoms. The molecule has 2 heteroatoms. The average molecular weight is 201 g/mol. The van der Waals surface area contributed by atoms with Gasteiger partial charge in [-0.3, -0.25) is 0 Å². The van der Waals surface area contributed by atoms with Crippen LogP contribution in [0.4, 0.5) is 0 Å². The van der Waals surface area contributed by atoms with Crippen LogP contribution in [0.3, 0.4) is 0 Å². The second-order valence-electron chi connectivity index (χ2n) is 4.30. The van der Waals surface area contributed by atoms with Gasteiger partial charge in [-0.25, -0.2) is 0 Å². The Morgan fingerprint density at radius 3 is 1.77 bits per heavy atom. The molecule has 0 aromatic rings. The highest BCUT2D eigenvalue weighted by atomic mass is 28.1. The van der Waals surface area contributed by atoms with E-state index in [0.717, 1.165) is 6.54 Å². The van der Waals surface area contributed by atoms with E-state index in [0.29, 0.717) is 5.16 Å². The van der Waals surface area contributed by atoms with E-state index in [9.17, 15) is 0 Å². The Bertz CT molecular complexity index is 107. The number of hydrogen-bond acceptors (Lipinski definition) is 1. The van der Waals surface area contributed by atoms with Crippen LogP contribution in [0, 0.1) is 0 Å². The molecule has 0 aromatic carbocycles. The van der Waals surface area contributed by atoms with E-state index >= 15 is 0 Å². The topological polar surface area (TPSA) is 12.0 Å². The van der Waals surface area contributed by atoms with Gasteiger partial charge >= 0.3 is 0 Å². The van der Waals surface area contributed by atoms with Crippen LogP contribution in [0.2, 0.25) is 0 Å². The van der Waals surface area contributed by atoms with Gasteiger partial charge in [0.15, 0.2) is 0 Å². The van der Waals surface area contributed by atoms with Crippen molar-refractivity contribution in [3.63, 3.8) is 0 Å². The summed E-state index contributed by atoms with van der Waals surface area (Å²) in [4.78, 5) is 0. The van der Waals surface area contributed by atoms with Crippen molar-refractivity contribution in [1.82, 2.24) is 5.32 Å².